The van der Waals surface area contributed by atoms with Crippen LogP contribution in [0, 0.1) is 11.8 Å². The number of ether oxygens (including phenoxy) is 2. The third kappa shape index (κ3) is 12.7. The number of carbonyl (C=O) groups is 1. The first-order chi connectivity index (χ1) is 23.6. The van der Waals surface area contributed by atoms with Gasteiger partial charge in [0.1, 0.15) is 36.9 Å². The van der Waals surface area contributed by atoms with Gasteiger partial charge in [0.05, 0.1) is 29.6 Å². The third-order valence-corrected chi connectivity index (χ3v) is 15.5. The molecule has 3 rings (SSSR count). The summed E-state index contributed by atoms with van der Waals surface area (Å²) < 4.78 is 57.6. The second-order valence-electron chi connectivity index (χ2n) is 14.6. The molecule has 1 saturated heterocycles. The van der Waals surface area contributed by atoms with Crippen LogP contribution in [-0.4, -0.2) is 109 Å². The average Bonchev–Trinajstić information content (AvgIpc) is 3.60. The molecule has 1 aliphatic heterocycles. The van der Waals surface area contributed by atoms with Crippen molar-refractivity contribution in [2.75, 3.05) is 39.8 Å². The number of nitrogens with one attached hydrogen (secondary N) is 1. The summed E-state index contributed by atoms with van der Waals surface area (Å²) in [6.07, 6.45) is -0.629. The highest BCUT2D eigenvalue weighted by Crippen LogP contribution is 2.40. The third-order valence-electron chi connectivity index (χ3n) is 8.02. The normalized spacial score (nSPS) is 18.5. The van der Waals surface area contributed by atoms with Gasteiger partial charge < -0.3 is 33.5 Å². The molecule has 0 spiro atoms. The Bertz CT molecular complexity index is 1610. The van der Waals surface area contributed by atoms with E-state index in [9.17, 15) is 18.0 Å². The van der Waals surface area contributed by atoms with E-state index < -0.39 is 31.4 Å². The summed E-state index contributed by atoms with van der Waals surface area (Å²) >= 11 is 0. The molecule has 0 saturated carbocycles. The first-order valence-corrected chi connectivity index (χ1v) is 21.6. The number of oxime groups is 1. The van der Waals surface area contributed by atoms with Gasteiger partial charge in [0.25, 0.3) is 0 Å². The molecule has 0 unspecified atom stereocenters. The largest absolute Gasteiger partial charge is 0.471 e. The van der Waals surface area contributed by atoms with Crippen LogP contribution < -0.4 is 5.32 Å². The monoisotopic (exact) mass is 773 g/mol. The van der Waals surface area contributed by atoms with Crippen LogP contribution in [0.5, 0.6) is 0 Å². The Kier molecular flexibility index (Phi) is 14.9. The van der Waals surface area contributed by atoms with Crippen LogP contribution in [0.25, 0.3) is 11.0 Å². The average molecular weight is 774 g/mol. The molecular formula is C33H50F3N7O5S2Si. The molecule has 1 aliphatic rings. The van der Waals surface area contributed by atoms with Crippen LogP contribution in [0.1, 0.15) is 66.7 Å². The van der Waals surface area contributed by atoms with Crippen molar-refractivity contribution in [1.82, 2.24) is 24.8 Å². The summed E-state index contributed by atoms with van der Waals surface area (Å²) in [5.41, 5.74) is 2.02. The van der Waals surface area contributed by atoms with Crippen molar-refractivity contribution >= 4 is 64.7 Å². The molecule has 18 heteroatoms. The van der Waals surface area contributed by atoms with Crippen molar-refractivity contribution in [3.63, 3.8) is 0 Å². The molecule has 1 fully saturated rings. The van der Waals surface area contributed by atoms with Crippen molar-refractivity contribution in [2.45, 2.75) is 102 Å². The number of hydrogen-bond donors (Lipinski definition) is 1. The number of alkyl halides is 3. The lowest BCUT2D eigenvalue weighted by atomic mass is 10.2. The zero-order valence-corrected chi connectivity index (χ0v) is 33.8. The van der Waals surface area contributed by atoms with E-state index in [2.05, 4.69) is 65.8 Å². The Labute approximate surface area is 307 Å². The number of hydrogen-bond acceptors (Lipinski definition) is 11. The zero-order valence-electron chi connectivity index (χ0n) is 31.2. The molecule has 1 N–H and O–H groups in total. The number of amides is 1. The molecule has 3 heterocycles. The lowest BCUT2D eigenvalue weighted by Crippen LogP contribution is -2.44. The number of rotatable bonds is 15. The second kappa shape index (κ2) is 17.8. The van der Waals surface area contributed by atoms with Crippen molar-refractivity contribution < 1.29 is 36.7 Å². The summed E-state index contributed by atoms with van der Waals surface area (Å²) in [5.74, 6) is 4.93. The van der Waals surface area contributed by atoms with E-state index in [-0.39, 0.29) is 36.3 Å². The molecule has 3 atom stereocenters. The molecule has 2 aromatic heterocycles. The van der Waals surface area contributed by atoms with Crippen molar-refractivity contribution in [3.8, 4) is 11.8 Å². The predicted octanol–water partition coefficient (Wildman–Crippen LogP) is 6.91. The first kappa shape index (κ1) is 42.6. The molecule has 284 valence electrons. The van der Waals surface area contributed by atoms with E-state index in [1.165, 1.54) is 27.9 Å². The van der Waals surface area contributed by atoms with E-state index in [1.807, 2.05) is 44.0 Å². The molecule has 2 aromatic rings. The standard InChI is InChI=1S/C33H50F3N7O5S2Si/c1-22(2)41-48-24-15-26(47-25(24)17-46-51(10,11)31(3,4)5)43-16-23(27-28(40-20-42(8)9)38-19-39-29(27)43)13-12-14-45-21-49-50-32(6,7)18-37-30(44)33(34,35)36/h16,19-20,24-26H,14-15,17-18,21H2,1-11H3,(H,37,44)/b40-20+/t24-,25-,26-/m1/s1. The predicted molar refractivity (Wildman–Crippen MR) is 201 cm³/mol. The van der Waals surface area contributed by atoms with E-state index >= 15 is 0 Å². The van der Waals surface area contributed by atoms with Gasteiger partial charge in [-0.3, -0.25) is 4.79 Å². The fourth-order valence-corrected chi connectivity index (χ4v) is 7.47. The minimum atomic E-state index is -4.92. The van der Waals surface area contributed by atoms with Gasteiger partial charge in [-0.15, -0.1) is 0 Å². The van der Waals surface area contributed by atoms with Crippen molar-refractivity contribution in [1.29, 1.82) is 0 Å². The number of aromatic nitrogens is 3. The van der Waals surface area contributed by atoms with Gasteiger partial charge >= 0.3 is 12.1 Å². The highest BCUT2D eigenvalue weighted by molar-refractivity contribution is 8.77. The number of nitrogens with zero attached hydrogens (tertiary/aromatic N) is 6. The topological polar surface area (TPSA) is 125 Å². The van der Waals surface area contributed by atoms with Gasteiger partial charge in [-0.05, 0) is 45.8 Å². The number of halogens is 3. The van der Waals surface area contributed by atoms with Crippen molar-refractivity contribution in [3.05, 3.63) is 18.1 Å². The Hall–Kier alpha value is -2.82. The fourth-order valence-electron chi connectivity index (χ4n) is 4.33. The number of aliphatic imine (C=N–C) groups is 1. The summed E-state index contributed by atoms with van der Waals surface area (Å²) in [7, 11) is 4.28. The minimum absolute atomic E-state index is 0.0285. The quantitative estimate of drug-likeness (QED) is 0.0299. The number of carbonyl (C=O) groups excluding carboxylic acids is 1. The maximum Gasteiger partial charge on any atom is 0.471 e. The molecule has 1 amide bonds. The van der Waals surface area contributed by atoms with Gasteiger partial charge in [-0.25, -0.2) is 15.0 Å². The molecule has 0 bridgehead atoms. The SMILES string of the molecule is CC(C)=NO[C@@H]1C[C@H](n2cc(C#CCOCSSC(C)(C)CNC(=O)C(F)(F)F)c3c(/N=C/N(C)C)ncnc32)O[C@@H]1CO[Si](C)(C)C(C)(C)C. The van der Waals surface area contributed by atoms with Crippen LogP contribution in [0.15, 0.2) is 22.7 Å². The summed E-state index contributed by atoms with van der Waals surface area (Å²) in [4.78, 5) is 32.5. The van der Waals surface area contributed by atoms with E-state index in [0.29, 0.717) is 35.4 Å². The molecule has 0 radical (unpaired) electrons. The molecule has 0 aromatic carbocycles. The van der Waals surface area contributed by atoms with Gasteiger partial charge in [-0.2, -0.15) is 13.2 Å². The maximum absolute atomic E-state index is 12.5. The van der Waals surface area contributed by atoms with Crippen LogP contribution >= 0.6 is 21.6 Å². The van der Waals surface area contributed by atoms with Crippen LogP contribution in [-0.2, 0) is 23.5 Å². The van der Waals surface area contributed by atoms with E-state index in [0.717, 1.165) is 5.71 Å². The molecular weight excluding hydrogens is 724 g/mol. The lowest BCUT2D eigenvalue weighted by Gasteiger charge is -2.37. The van der Waals surface area contributed by atoms with E-state index in [1.54, 1.807) is 25.1 Å². The minimum Gasteiger partial charge on any atom is -0.414 e. The Morgan fingerprint density at radius 2 is 1.92 bits per heavy atom. The number of fused-ring (bicyclic) bond motifs is 1. The fraction of sp³-hybridized carbons (Fsp3) is 0.667. The van der Waals surface area contributed by atoms with Crippen LogP contribution in [0.2, 0.25) is 18.1 Å². The molecule has 12 nitrogen and oxygen atoms in total. The van der Waals surface area contributed by atoms with Crippen LogP contribution in [0.4, 0.5) is 19.0 Å². The summed E-state index contributed by atoms with van der Waals surface area (Å²) in [6, 6.07) is 0. The Balaban J connectivity index is 1.80. The Morgan fingerprint density at radius 1 is 1.22 bits per heavy atom. The Morgan fingerprint density at radius 3 is 2.55 bits per heavy atom. The first-order valence-electron chi connectivity index (χ1n) is 16.4. The molecule has 0 aliphatic carbocycles. The van der Waals surface area contributed by atoms with Crippen LogP contribution in [0.3, 0.4) is 0 Å². The highest BCUT2D eigenvalue weighted by atomic mass is 33.1. The lowest BCUT2D eigenvalue weighted by molar-refractivity contribution is -0.173. The molecule has 51 heavy (non-hydrogen) atoms. The maximum atomic E-state index is 12.5. The van der Waals surface area contributed by atoms with Gasteiger partial charge in [0.15, 0.2) is 20.2 Å². The van der Waals surface area contributed by atoms with Gasteiger partial charge in [0.2, 0.25) is 0 Å². The highest BCUT2D eigenvalue weighted by Gasteiger charge is 2.43. The van der Waals surface area contributed by atoms with E-state index in [4.69, 9.17) is 18.7 Å². The second-order valence-corrected chi connectivity index (χ2v) is 22.3. The van der Waals surface area contributed by atoms with Gasteiger partial charge in [-0.1, -0.05) is 59.4 Å². The zero-order chi connectivity index (χ0) is 38.2. The smallest absolute Gasteiger partial charge is 0.414 e. The summed E-state index contributed by atoms with van der Waals surface area (Å²) in [5, 5.41) is 6.85. The van der Waals surface area contributed by atoms with Gasteiger partial charge in [0, 0.05) is 38.0 Å². The van der Waals surface area contributed by atoms with Crippen molar-refractivity contribution in [2.24, 2.45) is 10.1 Å². The summed E-state index contributed by atoms with van der Waals surface area (Å²) in [6.45, 7) is 18.5.